The lowest BCUT2D eigenvalue weighted by molar-refractivity contribution is -0.134. The van der Waals surface area contributed by atoms with Crippen LogP contribution in [0.25, 0.3) is 0 Å². The van der Waals surface area contributed by atoms with Crippen molar-refractivity contribution in [3.8, 4) is 5.75 Å². The minimum Gasteiger partial charge on any atom is -0.484 e. The maximum absolute atomic E-state index is 12.6. The monoisotopic (exact) mass is 394 g/mol. The van der Waals surface area contributed by atoms with Gasteiger partial charge in [-0.2, -0.15) is 4.31 Å². The summed E-state index contributed by atoms with van der Waals surface area (Å²) >= 11 is 5.88. The molecular weight excluding hydrogens is 376 g/mol. The Morgan fingerprint density at radius 1 is 1.00 bits per heavy atom. The minimum absolute atomic E-state index is 0.105. The van der Waals surface area contributed by atoms with Crippen LogP contribution in [0.1, 0.15) is 0 Å². The molecule has 1 aliphatic heterocycles. The molecule has 1 aliphatic rings. The first-order valence-corrected chi connectivity index (χ1v) is 10.00. The Morgan fingerprint density at radius 2 is 1.69 bits per heavy atom. The van der Waals surface area contributed by atoms with Crippen molar-refractivity contribution in [3.63, 3.8) is 0 Å². The molecule has 26 heavy (non-hydrogen) atoms. The van der Waals surface area contributed by atoms with E-state index in [0.717, 1.165) is 0 Å². The molecule has 0 bridgehead atoms. The quantitative estimate of drug-likeness (QED) is 0.780. The summed E-state index contributed by atoms with van der Waals surface area (Å²) in [6.07, 6.45) is 0. The molecule has 0 saturated carbocycles. The predicted molar refractivity (Wildman–Crippen MR) is 98.7 cm³/mol. The lowest BCUT2D eigenvalue weighted by Crippen LogP contribution is -2.51. The molecule has 1 amide bonds. The smallest absolute Gasteiger partial charge is 0.260 e. The molecule has 0 N–H and O–H groups in total. The van der Waals surface area contributed by atoms with Gasteiger partial charge >= 0.3 is 0 Å². The van der Waals surface area contributed by atoms with E-state index in [2.05, 4.69) is 0 Å². The SMILES string of the molecule is O=C(COc1cccc(Cl)c1)N1CCN(S(=O)(=O)c2ccccc2)CC1. The van der Waals surface area contributed by atoms with Crippen molar-refractivity contribution >= 4 is 27.5 Å². The standard InChI is InChI=1S/C18H19ClN2O4S/c19-15-5-4-6-16(13-15)25-14-18(22)20-9-11-21(12-10-20)26(23,24)17-7-2-1-3-8-17/h1-8,13H,9-12,14H2. The summed E-state index contributed by atoms with van der Waals surface area (Å²) in [6.45, 7) is 1.10. The number of carbonyl (C=O) groups is 1. The summed E-state index contributed by atoms with van der Waals surface area (Å²) in [5.74, 6) is 0.345. The van der Waals surface area contributed by atoms with E-state index in [0.29, 0.717) is 23.9 Å². The normalized spacial score (nSPS) is 15.7. The van der Waals surface area contributed by atoms with Gasteiger partial charge < -0.3 is 9.64 Å². The van der Waals surface area contributed by atoms with Gasteiger partial charge in [0.05, 0.1) is 4.90 Å². The predicted octanol–water partition coefficient (Wildman–Crippen LogP) is 2.25. The molecule has 1 fully saturated rings. The molecule has 0 spiro atoms. The maximum atomic E-state index is 12.6. The molecule has 0 aromatic heterocycles. The number of ether oxygens (including phenoxy) is 1. The second-order valence-corrected chi connectivity index (χ2v) is 8.22. The van der Waals surface area contributed by atoms with Crippen LogP contribution in [0.2, 0.25) is 5.02 Å². The lowest BCUT2D eigenvalue weighted by Gasteiger charge is -2.33. The van der Waals surface area contributed by atoms with E-state index < -0.39 is 10.0 Å². The number of nitrogens with zero attached hydrogens (tertiary/aromatic N) is 2. The van der Waals surface area contributed by atoms with E-state index in [1.165, 1.54) is 4.31 Å². The number of hydrogen-bond donors (Lipinski definition) is 0. The number of benzene rings is 2. The van der Waals surface area contributed by atoms with Gasteiger partial charge in [0.2, 0.25) is 10.0 Å². The van der Waals surface area contributed by atoms with Crippen molar-refractivity contribution in [3.05, 3.63) is 59.6 Å². The van der Waals surface area contributed by atoms with Gasteiger partial charge in [0.1, 0.15) is 5.75 Å². The van der Waals surface area contributed by atoms with E-state index >= 15 is 0 Å². The van der Waals surface area contributed by atoms with Crippen molar-refractivity contribution in [2.45, 2.75) is 4.90 Å². The highest BCUT2D eigenvalue weighted by atomic mass is 35.5. The first-order chi connectivity index (χ1) is 12.5. The lowest BCUT2D eigenvalue weighted by atomic mass is 10.3. The van der Waals surface area contributed by atoms with Crippen LogP contribution in [0.3, 0.4) is 0 Å². The van der Waals surface area contributed by atoms with Crippen molar-refractivity contribution in [2.75, 3.05) is 32.8 Å². The van der Waals surface area contributed by atoms with Crippen LogP contribution in [-0.2, 0) is 14.8 Å². The van der Waals surface area contributed by atoms with Gasteiger partial charge in [-0.15, -0.1) is 0 Å². The third-order valence-electron chi connectivity index (χ3n) is 4.13. The molecular formula is C18H19ClN2O4S. The summed E-state index contributed by atoms with van der Waals surface area (Å²) in [7, 11) is -3.52. The average Bonchev–Trinajstić information content (AvgIpc) is 2.67. The second-order valence-electron chi connectivity index (χ2n) is 5.84. The Hall–Kier alpha value is -2.09. The highest BCUT2D eigenvalue weighted by Gasteiger charge is 2.30. The van der Waals surface area contributed by atoms with E-state index in [4.69, 9.17) is 16.3 Å². The zero-order valence-electron chi connectivity index (χ0n) is 14.0. The molecule has 0 aliphatic carbocycles. The summed E-state index contributed by atoms with van der Waals surface area (Å²) in [5, 5.41) is 0.537. The highest BCUT2D eigenvalue weighted by Crippen LogP contribution is 2.19. The van der Waals surface area contributed by atoms with Crippen LogP contribution < -0.4 is 4.74 Å². The third-order valence-corrected chi connectivity index (χ3v) is 6.28. The Bertz CT molecular complexity index is 866. The van der Waals surface area contributed by atoms with Gasteiger partial charge in [0.25, 0.3) is 5.91 Å². The fourth-order valence-corrected chi connectivity index (χ4v) is 4.34. The van der Waals surface area contributed by atoms with Crippen LogP contribution in [0.4, 0.5) is 0 Å². The maximum Gasteiger partial charge on any atom is 0.260 e. The zero-order valence-corrected chi connectivity index (χ0v) is 15.6. The van der Waals surface area contributed by atoms with Gasteiger partial charge in [-0.25, -0.2) is 8.42 Å². The molecule has 3 rings (SSSR count). The van der Waals surface area contributed by atoms with Gasteiger partial charge in [-0.1, -0.05) is 35.9 Å². The number of rotatable bonds is 5. The van der Waals surface area contributed by atoms with Gasteiger partial charge in [0, 0.05) is 31.2 Å². The number of sulfonamides is 1. The van der Waals surface area contributed by atoms with Gasteiger partial charge in [-0.3, -0.25) is 4.79 Å². The first-order valence-electron chi connectivity index (χ1n) is 8.18. The van der Waals surface area contributed by atoms with Crippen LogP contribution >= 0.6 is 11.6 Å². The van der Waals surface area contributed by atoms with Crippen LogP contribution in [-0.4, -0.2) is 56.3 Å². The van der Waals surface area contributed by atoms with Crippen molar-refractivity contribution in [2.24, 2.45) is 0 Å². The number of piperazine rings is 1. The molecule has 6 nitrogen and oxygen atoms in total. The summed E-state index contributed by atoms with van der Waals surface area (Å²) < 4.78 is 32.0. The minimum atomic E-state index is -3.52. The molecule has 2 aromatic rings. The molecule has 1 heterocycles. The number of hydrogen-bond acceptors (Lipinski definition) is 4. The molecule has 8 heteroatoms. The largest absolute Gasteiger partial charge is 0.484 e. The van der Waals surface area contributed by atoms with Crippen molar-refractivity contribution in [1.82, 2.24) is 9.21 Å². The van der Waals surface area contributed by atoms with Crippen LogP contribution in [0.15, 0.2) is 59.5 Å². The van der Waals surface area contributed by atoms with Gasteiger partial charge in [-0.05, 0) is 30.3 Å². The first kappa shape index (κ1) is 18.7. The molecule has 0 atom stereocenters. The number of amides is 1. The van der Waals surface area contributed by atoms with E-state index in [1.807, 2.05) is 0 Å². The summed E-state index contributed by atoms with van der Waals surface area (Å²) in [6, 6.07) is 15.1. The second kappa shape index (κ2) is 8.07. The molecule has 138 valence electrons. The number of carbonyl (C=O) groups excluding carboxylic acids is 1. The molecule has 1 saturated heterocycles. The van der Waals surface area contributed by atoms with Crippen molar-refractivity contribution in [1.29, 1.82) is 0 Å². The summed E-state index contributed by atoms with van der Waals surface area (Å²) in [5.41, 5.74) is 0. The molecule has 0 unspecified atom stereocenters. The Labute approximate surface area is 158 Å². The number of halogens is 1. The van der Waals surface area contributed by atoms with Gasteiger partial charge in [0.15, 0.2) is 6.61 Å². The van der Waals surface area contributed by atoms with Crippen molar-refractivity contribution < 1.29 is 17.9 Å². The average molecular weight is 395 g/mol. The Morgan fingerprint density at radius 3 is 2.35 bits per heavy atom. The molecule has 0 radical (unpaired) electrons. The molecule has 2 aromatic carbocycles. The topological polar surface area (TPSA) is 66.9 Å². The van der Waals surface area contributed by atoms with E-state index in [-0.39, 0.29) is 30.5 Å². The third kappa shape index (κ3) is 4.35. The Balaban J connectivity index is 1.54. The van der Waals surface area contributed by atoms with Crippen LogP contribution in [0.5, 0.6) is 5.75 Å². The highest BCUT2D eigenvalue weighted by molar-refractivity contribution is 7.89. The summed E-state index contributed by atoms with van der Waals surface area (Å²) in [4.78, 5) is 14.2. The Kier molecular flexibility index (Phi) is 5.80. The van der Waals surface area contributed by atoms with Crippen LogP contribution in [0, 0.1) is 0 Å². The van der Waals surface area contributed by atoms with E-state index in [9.17, 15) is 13.2 Å². The fraction of sp³-hybridized carbons (Fsp3) is 0.278. The fourth-order valence-electron chi connectivity index (χ4n) is 2.71. The zero-order chi connectivity index (χ0) is 18.6. The van der Waals surface area contributed by atoms with E-state index in [1.54, 1.807) is 59.5 Å².